The van der Waals surface area contributed by atoms with Gasteiger partial charge in [0.25, 0.3) is 5.91 Å². The number of hydrogen-bond acceptors (Lipinski definition) is 4. The van der Waals surface area contributed by atoms with E-state index in [1.54, 1.807) is 0 Å². The zero-order valence-corrected chi connectivity index (χ0v) is 18.2. The summed E-state index contributed by atoms with van der Waals surface area (Å²) < 4.78 is 11.5. The smallest absolute Gasteiger partial charge is 0.254 e. The van der Waals surface area contributed by atoms with E-state index < -0.39 is 0 Å². The van der Waals surface area contributed by atoms with Gasteiger partial charge in [-0.05, 0) is 35.4 Å². The van der Waals surface area contributed by atoms with Gasteiger partial charge in [0.1, 0.15) is 18.1 Å². The molecule has 0 spiro atoms. The molecule has 2 aliphatic rings. The molecule has 0 bridgehead atoms. The summed E-state index contributed by atoms with van der Waals surface area (Å²) in [5.74, 6) is 1.92. The molecule has 1 amide bonds. The highest BCUT2D eigenvalue weighted by atomic mass is 16.5. The number of piperazine rings is 1. The summed E-state index contributed by atoms with van der Waals surface area (Å²) in [6.45, 7) is 5.31. The van der Waals surface area contributed by atoms with Crippen LogP contribution in [0.2, 0.25) is 0 Å². The first-order chi connectivity index (χ1) is 15.8. The monoisotopic (exact) mass is 428 g/mol. The van der Waals surface area contributed by atoms with Crippen LogP contribution in [0, 0.1) is 0 Å². The second kappa shape index (κ2) is 9.45. The summed E-state index contributed by atoms with van der Waals surface area (Å²) >= 11 is 0. The molecule has 2 aliphatic heterocycles. The van der Waals surface area contributed by atoms with Gasteiger partial charge in [-0.15, -0.1) is 0 Å². The molecular weight excluding hydrogens is 400 g/mol. The molecule has 5 nitrogen and oxygen atoms in total. The van der Waals surface area contributed by atoms with Crippen molar-refractivity contribution in [3.8, 4) is 11.5 Å². The number of nitrogens with zero attached hydrogens (tertiary/aromatic N) is 2. The maximum absolute atomic E-state index is 13.3. The molecule has 164 valence electrons. The number of ether oxygens (including phenoxy) is 2. The van der Waals surface area contributed by atoms with E-state index in [1.165, 1.54) is 11.1 Å². The van der Waals surface area contributed by atoms with Crippen LogP contribution in [0.5, 0.6) is 11.5 Å². The molecule has 3 aromatic carbocycles. The highest BCUT2D eigenvalue weighted by Crippen LogP contribution is 2.26. The van der Waals surface area contributed by atoms with Crippen molar-refractivity contribution in [1.29, 1.82) is 0 Å². The number of fused-ring (bicyclic) bond motifs is 1. The number of rotatable bonds is 6. The number of carbonyl (C=O) groups excluding carboxylic acids is 1. The van der Waals surface area contributed by atoms with Crippen LogP contribution in [-0.2, 0) is 19.6 Å². The van der Waals surface area contributed by atoms with Crippen molar-refractivity contribution in [3.05, 3.63) is 95.1 Å². The maximum Gasteiger partial charge on any atom is 0.254 e. The molecule has 32 heavy (non-hydrogen) atoms. The molecular formula is C27H28N2O3. The zero-order chi connectivity index (χ0) is 21.8. The first-order valence-electron chi connectivity index (χ1n) is 11.3. The fourth-order valence-corrected chi connectivity index (χ4v) is 4.41. The molecule has 0 radical (unpaired) electrons. The maximum atomic E-state index is 13.3. The van der Waals surface area contributed by atoms with Crippen molar-refractivity contribution < 1.29 is 14.3 Å². The summed E-state index contributed by atoms with van der Waals surface area (Å²) in [5.41, 5.74) is 4.28. The van der Waals surface area contributed by atoms with Crippen molar-refractivity contribution in [2.24, 2.45) is 0 Å². The Morgan fingerprint density at radius 3 is 2.53 bits per heavy atom. The zero-order valence-electron chi connectivity index (χ0n) is 18.2. The van der Waals surface area contributed by atoms with Crippen molar-refractivity contribution in [2.75, 3.05) is 32.8 Å². The van der Waals surface area contributed by atoms with Crippen molar-refractivity contribution >= 4 is 5.91 Å². The van der Waals surface area contributed by atoms with Gasteiger partial charge in [0.2, 0.25) is 0 Å². The van der Waals surface area contributed by atoms with Gasteiger partial charge in [0.15, 0.2) is 0 Å². The first-order valence-corrected chi connectivity index (χ1v) is 11.3. The highest BCUT2D eigenvalue weighted by Gasteiger charge is 2.24. The van der Waals surface area contributed by atoms with Crippen LogP contribution in [0.3, 0.4) is 0 Å². The van der Waals surface area contributed by atoms with Gasteiger partial charge in [-0.25, -0.2) is 0 Å². The van der Waals surface area contributed by atoms with E-state index in [9.17, 15) is 4.79 Å². The van der Waals surface area contributed by atoms with Crippen LogP contribution in [0.15, 0.2) is 72.8 Å². The number of benzene rings is 3. The lowest BCUT2D eigenvalue weighted by Gasteiger charge is -2.35. The minimum atomic E-state index is 0.0894. The second-order valence-electron chi connectivity index (χ2n) is 8.37. The van der Waals surface area contributed by atoms with Gasteiger partial charge in [0, 0.05) is 50.3 Å². The van der Waals surface area contributed by atoms with Gasteiger partial charge >= 0.3 is 0 Å². The third-order valence-electron chi connectivity index (χ3n) is 6.20. The predicted molar refractivity (Wildman–Crippen MR) is 124 cm³/mol. The fraction of sp³-hybridized carbons (Fsp3) is 0.296. The lowest BCUT2D eigenvalue weighted by Crippen LogP contribution is -2.48. The van der Waals surface area contributed by atoms with Crippen LogP contribution < -0.4 is 9.47 Å². The van der Waals surface area contributed by atoms with Crippen LogP contribution in [0.25, 0.3) is 0 Å². The lowest BCUT2D eigenvalue weighted by atomic mass is 10.1. The van der Waals surface area contributed by atoms with Crippen LogP contribution in [0.4, 0.5) is 0 Å². The molecule has 3 aromatic rings. The van der Waals surface area contributed by atoms with E-state index in [-0.39, 0.29) is 5.91 Å². The molecule has 0 aromatic heterocycles. The first kappa shape index (κ1) is 20.6. The average Bonchev–Trinajstić information content (AvgIpc) is 3.32. The van der Waals surface area contributed by atoms with Crippen molar-refractivity contribution in [1.82, 2.24) is 9.80 Å². The number of para-hydroxylation sites is 1. The Morgan fingerprint density at radius 2 is 1.69 bits per heavy atom. The third-order valence-corrected chi connectivity index (χ3v) is 6.20. The summed E-state index contributed by atoms with van der Waals surface area (Å²) in [6.07, 6.45) is 0.999. The Bertz CT molecular complexity index is 1080. The van der Waals surface area contributed by atoms with E-state index in [0.717, 1.165) is 68.4 Å². The average molecular weight is 429 g/mol. The molecule has 5 rings (SSSR count). The van der Waals surface area contributed by atoms with Crippen LogP contribution in [-0.4, -0.2) is 48.5 Å². The summed E-state index contributed by atoms with van der Waals surface area (Å²) in [6, 6.07) is 24.0. The predicted octanol–water partition coefficient (Wildman–Crippen LogP) is 4.16. The summed E-state index contributed by atoms with van der Waals surface area (Å²) in [7, 11) is 0. The minimum Gasteiger partial charge on any atom is -0.493 e. The van der Waals surface area contributed by atoms with E-state index in [4.69, 9.17) is 9.47 Å². The Morgan fingerprint density at radius 1 is 0.906 bits per heavy atom. The SMILES string of the molecule is O=C(c1ccccc1COc1ccccc1)N1CCN(Cc2ccc3c(c2)CCO3)CC1. The standard InChI is InChI=1S/C27H28N2O3/c30-27(25-9-5-4-6-23(25)20-32-24-7-2-1-3-8-24)29-15-13-28(14-16-29)19-21-10-11-26-22(18-21)12-17-31-26/h1-11,18H,12-17,19-20H2. The fourth-order valence-electron chi connectivity index (χ4n) is 4.41. The lowest BCUT2D eigenvalue weighted by molar-refractivity contribution is 0.0626. The van der Waals surface area contributed by atoms with E-state index >= 15 is 0 Å². The normalized spacial score (nSPS) is 15.8. The number of carbonyl (C=O) groups is 1. The molecule has 0 N–H and O–H groups in total. The van der Waals surface area contributed by atoms with Crippen molar-refractivity contribution in [3.63, 3.8) is 0 Å². The molecule has 0 atom stereocenters. The van der Waals surface area contributed by atoms with Crippen LogP contribution >= 0.6 is 0 Å². The second-order valence-corrected chi connectivity index (χ2v) is 8.37. The topological polar surface area (TPSA) is 42.0 Å². The van der Waals surface area contributed by atoms with E-state index in [1.807, 2.05) is 59.5 Å². The Labute approximate surface area is 189 Å². The number of hydrogen-bond donors (Lipinski definition) is 0. The van der Waals surface area contributed by atoms with Gasteiger partial charge in [-0.2, -0.15) is 0 Å². The van der Waals surface area contributed by atoms with Gasteiger partial charge < -0.3 is 14.4 Å². The van der Waals surface area contributed by atoms with Crippen LogP contribution in [0.1, 0.15) is 27.0 Å². The van der Waals surface area contributed by atoms with E-state index in [2.05, 4.69) is 23.1 Å². The molecule has 1 saturated heterocycles. The Balaban J connectivity index is 1.18. The van der Waals surface area contributed by atoms with E-state index in [0.29, 0.717) is 6.61 Å². The Hall–Kier alpha value is -3.31. The largest absolute Gasteiger partial charge is 0.493 e. The van der Waals surface area contributed by atoms with Gasteiger partial charge in [-0.1, -0.05) is 48.5 Å². The van der Waals surface area contributed by atoms with Gasteiger partial charge in [-0.3, -0.25) is 9.69 Å². The molecule has 1 fully saturated rings. The molecule has 0 saturated carbocycles. The highest BCUT2D eigenvalue weighted by molar-refractivity contribution is 5.95. The molecule has 5 heteroatoms. The van der Waals surface area contributed by atoms with Gasteiger partial charge in [0.05, 0.1) is 6.61 Å². The van der Waals surface area contributed by atoms with Crippen molar-refractivity contribution in [2.45, 2.75) is 19.6 Å². The molecule has 0 aliphatic carbocycles. The summed E-state index contributed by atoms with van der Waals surface area (Å²) in [5, 5.41) is 0. The minimum absolute atomic E-state index is 0.0894. The third kappa shape index (κ3) is 4.63. The molecule has 0 unspecified atom stereocenters. The summed E-state index contributed by atoms with van der Waals surface area (Å²) in [4.78, 5) is 17.7. The number of amides is 1. The molecule has 2 heterocycles. The quantitative estimate of drug-likeness (QED) is 0.591. The Kier molecular flexibility index (Phi) is 6.08.